The van der Waals surface area contributed by atoms with Gasteiger partial charge in [-0.25, -0.2) is 0 Å². The van der Waals surface area contributed by atoms with Crippen LogP contribution in [0, 0.1) is 11.8 Å². The zero-order valence-corrected chi connectivity index (χ0v) is 15.4. The van der Waals surface area contributed by atoms with Crippen LogP contribution in [0.3, 0.4) is 0 Å². The van der Waals surface area contributed by atoms with E-state index in [-0.39, 0.29) is 5.54 Å². The first-order valence-corrected chi connectivity index (χ1v) is 9.23. The van der Waals surface area contributed by atoms with Gasteiger partial charge in [-0.15, -0.1) is 0 Å². The average molecular weight is 352 g/mol. The lowest BCUT2D eigenvalue weighted by Crippen LogP contribution is -2.41. The van der Waals surface area contributed by atoms with Crippen LogP contribution >= 0.6 is 15.9 Å². The smallest absolute Gasteiger partial charge is 0.0207 e. The molecule has 1 aromatic carbocycles. The third kappa shape index (κ3) is 5.75. The summed E-state index contributed by atoms with van der Waals surface area (Å²) in [5.41, 5.74) is 1.70. The molecule has 0 spiro atoms. The van der Waals surface area contributed by atoms with Crippen molar-refractivity contribution in [2.24, 2.45) is 11.8 Å². The highest BCUT2D eigenvalue weighted by Gasteiger charge is 2.25. The van der Waals surface area contributed by atoms with Gasteiger partial charge in [0.1, 0.15) is 0 Å². The Labute approximate surface area is 139 Å². The lowest BCUT2D eigenvalue weighted by Gasteiger charge is -2.30. The molecule has 118 valence electrons. The number of nitrogens with one attached hydrogen (secondary N) is 1. The van der Waals surface area contributed by atoms with Crippen molar-refractivity contribution in [1.82, 2.24) is 5.32 Å². The van der Waals surface area contributed by atoms with E-state index in [1.165, 1.54) is 55.1 Å². The summed E-state index contributed by atoms with van der Waals surface area (Å²) in [5.74, 6) is 1.64. The monoisotopic (exact) mass is 351 g/mol. The van der Waals surface area contributed by atoms with E-state index in [1.54, 1.807) is 0 Å². The van der Waals surface area contributed by atoms with Gasteiger partial charge in [0, 0.05) is 10.0 Å². The molecule has 1 aliphatic carbocycles. The highest BCUT2D eigenvalue weighted by Crippen LogP contribution is 2.33. The molecule has 1 saturated carbocycles. The number of hydrogen-bond acceptors (Lipinski definition) is 1. The molecule has 0 aromatic heterocycles. The highest BCUT2D eigenvalue weighted by molar-refractivity contribution is 9.10. The van der Waals surface area contributed by atoms with E-state index in [9.17, 15) is 0 Å². The molecule has 0 radical (unpaired) electrons. The molecular formula is C19H30BrN. The maximum atomic E-state index is 3.74. The van der Waals surface area contributed by atoms with Crippen molar-refractivity contribution < 1.29 is 0 Å². The molecule has 1 fully saturated rings. The molecule has 0 amide bonds. The van der Waals surface area contributed by atoms with Crippen LogP contribution in [0.25, 0.3) is 0 Å². The van der Waals surface area contributed by atoms with Gasteiger partial charge < -0.3 is 5.32 Å². The van der Waals surface area contributed by atoms with Gasteiger partial charge in [0.05, 0.1) is 0 Å². The van der Waals surface area contributed by atoms with E-state index in [1.807, 2.05) is 0 Å². The molecule has 1 nitrogen and oxygen atoms in total. The zero-order valence-electron chi connectivity index (χ0n) is 13.8. The van der Waals surface area contributed by atoms with Crippen molar-refractivity contribution in [3.05, 3.63) is 34.3 Å². The van der Waals surface area contributed by atoms with E-state index in [4.69, 9.17) is 0 Å². The Hall–Kier alpha value is -0.340. The Bertz CT molecular complexity index is 435. The molecule has 2 atom stereocenters. The van der Waals surface area contributed by atoms with Gasteiger partial charge in [0.25, 0.3) is 0 Å². The van der Waals surface area contributed by atoms with Crippen molar-refractivity contribution in [2.75, 3.05) is 6.54 Å². The molecule has 0 heterocycles. The number of rotatable bonds is 4. The molecular weight excluding hydrogens is 322 g/mol. The first kappa shape index (κ1) is 17.0. The third-order valence-electron chi connectivity index (χ3n) is 4.65. The van der Waals surface area contributed by atoms with Crippen LogP contribution in [0.4, 0.5) is 0 Å². The van der Waals surface area contributed by atoms with Crippen molar-refractivity contribution >= 4 is 15.9 Å². The molecule has 2 rings (SSSR count). The van der Waals surface area contributed by atoms with Gasteiger partial charge in [0.15, 0.2) is 0 Å². The maximum Gasteiger partial charge on any atom is 0.0207 e. The quantitative estimate of drug-likeness (QED) is 0.698. The fourth-order valence-corrected chi connectivity index (χ4v) is 3.83. The average Bonchev–Trinajstić information content (AvgIpc) is 2.63. The summed E-state index contributed by atoms with van der Waals surface area (Å²) in [4.78, 5) is 0. The Morgan fingerprint density at radius 1 is 1.05 bits per heavy atom. The lowest BCUT2D eigenvalue weighted by molar-refractivity contribution is 0.269. The largest absolute Gasteiger partial charge is 0.312 e. The first-order valence-electron chi connectivity index (χ1n) is 8.44. The van der Waals surface area contributed by atoms with Crippen molar-refractivity contribution in [1.29, 1.82) is 0 Å². The van der Waals surface area contributed by atoms with Gasteiger partial charge in [-0.05, 0) is 70.0 Å². The minimum absolute atomic E-state index is 0.226. The molecule has 0 aliphatic heterocycles. The van der Waals surface area contributed by atoms with Crippen molar-refractivity contribution in [3.8, 4) is 0 Å². The first-order chi connectivity index (χ1) is 9.96. The van der Waals surface area contributed by atoms with Gasteiger partial charge >= 0.3 is 0 Å². The molecule has 21 heavy (non-hydrogen) atoms. The Balaban J connectivity index is 2.03. The summed E-state index contributed by atoms with van der Waals surface area (Å²) < 4.78 is 1.27. The number of halogens is 1. The van der Waals surface area contributed by atoms with E-state index < -0.39 is 0 Å². The Kier molecular flexibility index (Phi) is 6.31. The fraction of sp³-hybridized carbons (Fsp3) is 0.684. The van der Waals surface area contributed by atoms with Crippen LogP contribution in [-0.2, 0) is 6.42 Å². The molecule has 1 aromatic rings. The topological polar surface area (TPSA) is 12.0 Å². The maximum absolute atomic E-state index is 3.74. The Morgan fingerprint density at radius 2 is 1.71 bits per heavy atom. The zero-order chi connectivity index (χ0) is 15.3. The fourth-order valence-electron chi connectivity index (χ4n) is 3.38. The predicted molar refractivity (Wildman–Crippen MR) is 95.7 cm³/mol. The third-order valence-corrected chi connectivity index (χ3v) is 5.42. The van der Waals surface area contributed by atoms with E-state index in [0.29, 0.717) is 0 Å². The van der Waals surface area contributed by atoms with E-state index >= 15 is 0 Å². The van der Waals surface area contributed by atoms with Gasteiger partial charge in [-0.3, -0.25) is 0 Å². The second-order valence-electron chi connectivity index (χ2n) is 7.58. The summed E-state index contributed by atoms with van der Waals surface area (Å²) in [7, 11) is 0. The summed E-state index contributed by atoms with van der Waals surface area (Å²) in [6.45, 7) is 7.98. The minimum Gasteiger partial charge on any atom is -0.312 e. The van der Waals surface area contributed by atoms with Crippen LogP contribution in [0.2, 0.25) is 0 Å². The normalized spacial score (nSPS) is 23.8. The van der Waals surface area contributed by atoms with Crippen molar-refractivity contribution in [2.45, 2.75) is 64.8 Å². The van der Waals surface area contributed by atoms with Gasteiger partial charge in [-0.2, -0.15) is 0 Å². The number of benzene rings is 1. The standard InChI is InChI=1S/C19H30BrN/c1-19(2,3)21-14-17-11-6-4-5-9-15(17)13-16-10-7-8-12-18(16)20/h7-8,10,12,15,17,21H,4-6,9,11,13-14H2,1-3H3. The summed E-state index contributed by atoms with van der Waals surface area (Å²) >= 11 is 3.72. The SMILES string of the molecule is CC(C)(C)NCC1CCCCCC1Cc1ccccc1Br. The van der Waals surface area contributed by atoms with E-state index in [2.05, 4.69) is 66.3 Å². The summed E-state index contributed by atoms with van der Waals surface area (Å²) in [6, 6.07) is 8.73. The van der Waals surface area contributed by atoms with E-state index in [0.717, 1.165) is 11.8 Å². The van der Waals surface area contributed by atoms with Crippen LogP contribution in [0.5, 0.6) is 0 Å². The lowest BCUT2D eigenvalue weighted by atomic mass is 9.83. The van der Waals surface area contributed by atoms with Crippen LogP contribution in [0.15, 0.2) is 28.7 Å². The molecule has 1 aliphatic rings. The van der Waals surface area contributed by atoms with Gasteiger partial charge in [0.2, 0.25) is 0 Å². The Morgan fingerprint density at radius 3 is 2.38 bits per heavy atom. The van der Waals surface area contributed by atoms with Crippen LogP contribution in [-0.4, -0.2) is 12.1 Å². The molecule has 0 bridgehead atoms. The molecule has 1 N–H and O–H groups in total. The second kappa shape index (κ2) is 7.78. The van der Waals surface area contributed by atoms with Crippen LogP contribution < -0.4 is 5.32 Å². The minimum atomic E-state index is 0.226. The molecule has 0 saturated heterocycles. The van der Waals surface area contributed by atoms with Gasteiger partial charge in [-0.1, -0.05) is 53.4 Å². The summed E-state index contributed by atoms with van der Waals surface area (Å²) in [6.07, 6.45) is 8.22. The van der Waals surface area contributed by atoms with Crippen LogP contribution in [0.1, 0.15) is 58.4 Å². The second-order valence-corrected chi connectivity index (χ2v) is 8.44. The molecule has 2 unspecified atom stereocenters. The highest BCUT2D eigenvalue weighted by atomic mass is 79.9. The number of hydrogen-bond donors (Lipinski definition) is 1. The van der Waals surface area contributed by atoms with Crippen molar-refractivity contribution in [3.63, 3.8) is 0 Å². The summed E-state index contributed by atoms with van der Waals surface area (Å²) in [5, 5.41) is 3.74. The molecule has 2 heteroatoms. The predicted octanol–water partition coefficient (Wildman–Crippen LogP) is 5.58.